The number of hydrogen-bond acceptors (Lipinski definition) is 5. The lowest BCUT2D eigenvalue weighted by Gasteiger charge is -2.13. The third kappa shape index (κ3) is 4.04. The summed E-state index contributed by atoms with van der Waals surface area (Å²) >= 11 is 6.32. The van der Waals surface area contributed by atoms with E-state index in [4.69, 9.17) is 26.2 Å². The van der Waals surface area contributed by atoms with E-state index >= 15 is 0 Å². The van der Waals surface area contributed by atoms with Crippen molar-refractivity contribution in [1.29, 1.82) is 0 Å². The average molecular weight is 337 g/mol. The van der Waals surface area contributed by atoms with Crippen molar-refractivity contribution in [3.63, 3.8) is 0 Å². The summed E-state index contributed by atoms with van der Waals surface area (Å²) in [5.41, 5.74) is 0.894. The first-order valence-electron chi connectivity index (χ1n) is 6.90. The Hall–Kier alpha value is -2.47. The monoisotopic (exact) mass is 336 g/mol. The summed E-state index contributed by atoms with van der Waals surface area (Å²) < 4.78 is 10.5. The molecule has 0 atom stereocenters. The van der Waals surface area contributed by atoms with E-state index in [1.807, 2.05) is 6.07 Å². The molecule has 1 heterocycles. The Morgan fingerprint density at radius 3 is 2.70 bits per heavy atom. The second-order valence-corrected chi connectivity index (χ2v) is 5.04. The molecule has 0 saturated carbocycles. The number of anilines is 1. The van der Waals surface area contributed by atoms with Crippen LogP contribution < -0.4 is 14.8 Å². The number of nitrogens with zero attached hydrogens (tertiary/aromatic N) is 1. The van der Waals surface area contributed by atoms with Gasteiger partial charge in [-0.3, -0.25) is 0 Å². The van der Waals surface area contributed by atoms with Gasteiger partial charge in [0.15, 0.2) is 17.2 Å². The van der Waals surface area contributed by atoms with Gasteiger partial charge in [0, 0.05) is 6.54 Å². The number of nitrogens with one attached hydrogen (secondary N) is 1. The summed E-state index contributed by atoms with van der Waals surface area (Å²) in [6.45, 7) is 0.547. The number of benzene rings is 1. The average Bonchev–Trinajstić information content (AvgIpc) is 2.56. The van der Waals surface area contributed by atoms with E-state index in [0.717, 1.165) is 5.56 Å². The quantitative estimate of drug-likeness (QED) is 0.808. The first-order chi connectivity index (χ1) is 11.1. The molecule has 0 bridgehead atoms. The van der Waals surface area contributed by atoms with Crippen LogP contribution in [0.1, 0.15) is 16.1 Å². The number of carbonyl (C=O) groups is 1. The summed E-state index contributed by atoms with van der Waals surface area (Å²) in [6.07, 6.45) is 0.623. The zero-order valence-electron chi connectivity index (χ0n) is 12.8. The van der Waals surface area contributed by atoms with Gasteiger partial charge in [-0.25, -0.2) is 9.78 Å². The van der Waals surface area contributed by atoms with E-state index in [2.05, 4.69) is 10.3 Å². The smallest absolute Gasteiger partial charge is 0.354 e. The van der Waals surface area contributed by atoms with Gasteiger partial charge in [-0.15, -0.1) is 0 Å². The lowest BCUT2D eigenvalue weighted by atomic mass is 10.1. The molecule has 2 N–H and O–H groups in total. The highest BCUT2D eigenvalue weighted by Gasteiger charge is 2.13. The minimum atomic E-state index is -1.06. The van der Waals surface area contributed by atoms with Gasteiger partial charge in [0.2, 0.25) is 0 Å². The van der Waals surface area contributed by atoms with Gasteiger partial charge in [0.05, 0.1) is 19.2 Å². The number of aromatic nitrogens is 1. The van der Waals surface area contributed by atoms with Crippen molar-refractivity contribution in [3.05, 3.63) is 46.6 Å². The maximum atomic E-state index is 10.9. The molecule has 7 heteroatoms. The van der Waals surface area contributed by atoms with Gasteiger partial charge in [-0.05, 0) is 30.2 Å². The van der Waals surface area contributed by atoms with Gasteiger partial charge < -0.3 is 19.9 Å². The molecule has 6 nitrogen and oxygen atoms in total. The van der Waals surface area contributed by atoms with Gasteiger partial charge >= 0.3 is 5.97 Å². The Kier molecular flexibility index (Phi) is 5.65. The fourth-order valence-corrected chi connectivity index (χ4v) is 2.43. The lowest BCUT2D eigenvalue weighted by molar-refractivity contribution is 0.0690. The fraction of sp³-hybridized carbons (Fsp3) is 0.250. The van der Waals surface area contributed by atoms with E-state index in [-0.39, 0.29) is 5.69 Å². The minimum Gasteiger partial charge on any atom is -0.493 e. The second kappa shape index (κ2) is 7.69. The predicted octanol–water partition coefficient (Wildman–Crippen LogP) is 3.11. The van der Waals surface area contributed by atoms with E-state index in [9.17, 15) is 4.79 Å². The number of rotatable bonds is 7. The minimum absolute atomic E-state index is 0.000788. The number of carboxylic acids is 1. The zero-order valence-corrected chi connectivity index (χ0v) is 13.6. The van der Waals surface area contributed by atoms with Crippen molar-refractivity contribution < 1.29 is 19.4 Å². The van der Waals surface area contributed by atoms with Gasteiger partial charge in [0.1, 0.15) is 5.82 Å². The topological polar surface area (TPSA) is 80.7 Å². The van der Waals surface area contributed by atoms with Crippen LogP contribution in [0.25, 0.3) is 0 Å². The summed E-state index contributed by atoms with van der Waals surface area (Å²) in [6, 6.07) is 8.46. The summed E-state index contributed by atoms with van der Waals surface area (Å²) in [7, 11) is 3.09. The van der Waals surface area contributed by atoms with Gasteiger partial charge in [0.25, 0.3) is 0 Å². The van der Waals surface area contributed by atoms with Gasteiger partial charge in [-0.1, -0.05) is 23.7 Å². The van der Waals surface area contributed by atoms with Crippen LogP contribution in [-0.4, -0.2) is 36.8 Å². The highest BCUT2D eigenvalue weighted by Crippen LogP contribution is 2.37. The number of aromatic carboxylic acids is 1. The van der Waals surface area contributed by atoms with Crippen molar-refractivity contribution in [2.75, 3.05) is 26.1 Å². The predicted molar refractivity (Wildman–Crippen MR) is 87.9 cm³/mol. The zero-order chi connectivity index (χ0) is 16.8. The number of pyridine rings is 1. The number of methoxy groups -OCH3 is 2. The molecule has 1 aromatic carbocycles. The molecule has 23 heavy (non-hydrogen) atoms. The van der Waals surface area contributed by atoms with E-state index < -0.39 is 5.97 Å². The molecule has 0 aliphatic carbocycles. The molecule has 0 aliphatic heterocycles. The summed E-state index contributed by atoms with van der Waals surface area (Å²) in [5, 5.41) is 12.5. The Morgan fingerprint density at radius 2 is 2.04 bits per heavy atom. The molecular weight excluding hydrogens is 320 g/mol. The number of carboxylic acid groups (broad SMARTS) is 1. The van der Waals surface area contributed by atoms with Crippen molar-refractivity contribution in [3.8, 4) is 11.5 Å². The molecule has 0 aliphatic rings. The van der Waals surface area contributed by atoms with E-state index in [1.54, 1.807) is 25.3 Å². The van der Waals surface area contributed by atoms with Crippen LogP contribution in [0.3, 0.4) is 0 Å². The lowest BCUT2D eigenvalue weighted by Crippen LogP contribution is -2.09. The van der Waals surface area contributed by atoms with Crippen molar-refractivity contribution >= 4 is 23.4 Å². The summed E-state index contributed by atoms with van der Waals surface area (Å²) in [4.78, 5) is 14.9. The van der Waals surface area contributed by atoms with Crippen LogP contribution in [0.15, 0.2) is 30.3 Å². The molecule has 0 fully saturated rings. The Bertz CT molecular complexity index is 706. The molecule has 0 unspecified atom stereocenters. The van der Waals surface area contributed by atoms with Crippen LogP contribution in [0.2, 0.25) is 5.02 Å². The molecule has 0 spiro atoms. The standard InChI is InChI=1S/C16H17ClN2O4/c1-22-12-7-6-10(14(17)15(12)23-2)8-9-18-13-5-3-4-11(19-13)16(20)21/h3-7H,8-9H2,1-2H3,(H,18,19)(H,20,21). The second-order valence-electron chi connectivity index (χ2n) is 4.66. The summed E-state index contributed by atoms with van der Waals surface area (Å²) in [5.74, 6) is 0.515. The first kappa shape index (κ1) is 16.9. The molecule has 2 aromatic rings. The molecule has 0 saturated heterocycles. The molecule has 0 radical (unpaired) electrons. The normalized spacial score (nSPS) is 10.2. The molecule has 2 rings (SSSR count). The maximum absolute atomic E-state index is 10.9. The maximum Gasteiger partial charge on any atom is 0.354 e. The Balaban J connectivity index is 2.04. The Labute approximate surface area is 139 Å². The van der Waals surface area contributed by atoms with E-state index in [0.29, 0.717) is 35.3 Å². The number of ether oxygens (including phenoxy) is 2. The largest absolute Gasteiger partial charge is 0.493 e. The van der Waals surface area contributed by atoms with Crippen LogP contribution in [0, 0.1) is 0 Å². The molecular formula is C16H17ClN2O4. The van der Waals surface area contributed by atoms with Crippen LogP contribution in [-0.2, 0) is 6.42 Å². The number of halogens is 1. The van der Waals surface area contributed by atoms with Crippen LogP contribution >= 0.6 is 11.6 Å². The molecule has 122 valence electrons. The highest BCUT2D eigenvalue weighted by molar-refractivity contribution is 6.33. The fourth-order valence-electron chi connectivity index (χ4n) is 2.10. The van der Waals surface area contributed by atoms with Gasteiger partial charge in [-0.2, -0.15) is 0 Å². The molecule has 1 aromatic heterocycles. The van der Waals surface area contributed by atoms with Crippen molar-refractivity contribution in [1.82, 2.24) is 4.98 Å². The van der Waals surface area contributed by atoms with Crippen LogP contribution in [0.5, 0.6) is 11.5 Å². The third-order valence-electron chi connectivity index (χ3n) is 3.23. The van der Waals surface area contributed by atoms with E-state index in [1.165, 1.54) is 13.2 Å². The molecule has 0 amide bonds. The van der Waals surface area contributed by atoms with Crippen LogP contribution in [0.4, 0.5) is 5.82 Å². The highest BCUT2D eigenvalue weighted by atomic mass is 35.5. The van der Waals surface area contributed by atoms with Crippen molar-refractivity contribution in [2.45, 2.75) is 6.42 Å². The number of hydrogen-bond donors (Lipinski definition) is 2. The SMILES string of the molecule is COc1ccc(CCNc2cccc(C(=O)O)n2)c(Cl)c1OC. The Morgan fingerprint density at radius 1 is 1.26 bits per heavy atom. The third-order valence-corrected chi connectivity index (χ3v) is 3.65. The van der Waals surface area contributed by atoms with Crippen molar-refractivity contribution in [2.24, 2.45) is 0 Å². The first-order valence-corrected chi connectivity index (χ1v) is 7.28.